The first-order valence-corrected chi connectivity index (χ1v) is 13.3. The Bertz CT molecular complexity index is 1310. The normalized spacial score (nSPS) is 36.3. The van der Waals surface area contributed by atoms with Crippen LogP contribution >= 0.6 is 0 Å². The number of fused-ring (bicyclic) bond motifs is 3. The predicted octanol–water partition coefficient (Wildman–Crippen LogP) is 3.74. The smallest absolute Gasteiger partial charge is 0.338 e. The Labute approximate surface area is 233 Å². The number of allylic oxidation sites excluding steroid dienone is 3. The second-order valence-electron chi connectivity index (χ2n) is 12.2. The number of carbonyl (C=O) groups excluding carboxylic acids is 5. The molecule has 0 aromatic heterocycles. The minimum Gasteiger partial charge on any atom is -0.459 e. The molecule has 3 aliphatic rings. The van der Waals surface area contributed by atoms with Crippen molar-refractivity contribution in [2.75, 3.05) is 0 Å². The van der Waals surface area contributed by atoms with E-state index in [1.165, 1.54) is 26.0 Å². The molecule has 9 heteroatoms. The molecule has 2 fully saturated rings. The number of hydrogen-bond acceptors (Lipinski definition) is 9. The van der Waals surface area contributed by atoms with Crippen molar-refractivity contribution in [1.82, 2.24) is 0 Å². The first-order valence-electron chi connectivity index (χ1n) is 13.3. The molecule has 40 heavy (non-hydrogen) atoms. The summed E-state index contributed by atoms with van der Waals surface area (Å²) in [6.07, 6.45) is 0.405. The van der Waals surface area contributed by atoms with Gasteiger partial charge in [0.2, 0.25) is 5.78 Å². The highest BCUT2D eigenvalue weighted by molar-refractivity contribution is 6.01. The van der Waals surface area contributed by atoms with E-state index < -0.39 is 75.4 Å². The highest BCUT2D eigenvalue weighted by atomic mass is 16.6. The van der Waals surface area contributed by atoms with E-state index in [0.29, 0.717) is 0 Å². The lowest BCUT2D eigenvalue weighted by atomic mass is 9.41. The average Bonchev–Trinajstić information content (AvgIpc) is 2.87. The van der Waals surface area contributed by atoms with E-state index in [9.17, 15) is 29.1 Å². The minimum atomic E-state index is -2.33. The van der Waals surface area contributed by atoms with Crippen molar-refractivity contribution >= 4 is 29.5 Å². The fourth-order valence-corrected chi connectivity index (χ4v) is 7.32. The van der Waals surface area contributed by atoms with Gasteiger partial charge < -0.3 is 19.3 Å². The number of carbonyl (C=O) groups is 5. The SMILES string of the molecule is C=C[C@@]1(C)C[C@@H](OC(=O)c2ccccc2)[C@@H]2[C@@]3(C)C=C(OC(C)=O)C(=O)C(C)(C)[C@@H]3C[C@@H](OC(C)=O)[C@@]2(O)C1=O. The third-order valence-corrected chi connectivity index (χ3v) is 9.12. The quantitative estimate of drug-likeness (QED) is 0.329. The van der Waals surface area contributed by atoms with Crippen LogP contribution in [-0.2, 0) is 33.4 Å². The first-order chi connectivity index (χ1) is 18.5. The molecule has 4 rings (SSSR count). The Hall–Kier alpha value is -3.59. The molecule has 9 nitrogen and oxygen atoms in total. The fourth-order valence-electron chi connectivity index (χ4n) is 7.32. The van der Waals surface area contributed by atoms with Gasteiger partial charge in [0.15, 0.2) is 17.1 Å². The van der Waals surface area contributed by atoms with E-state index in [4.69, 9.17) is 14.2 Å². The molecule has 3 aliphatic carbocycles. The Morgan fingerprint density at radius 3 is 2.17 bits per heavy atom. The molecule has 0 unspecified atom stereocenters. The van der Waals surface area contributed by atoms with E-state index in [2.05, 4.69) is 6.58 Å². The molecule has 0 radical (unpaired) electrons. The summed E-state index contributed by atoms with van der Waals surface area (Å²) in [5.41, 5.74) is -5.77. The Morgan fingerprint density at radius 2 is 1.62 bits per heavy atom. The molecular weight excluding hydrogens is 516 g/mol. The minimum absolute atomic E-state index is 0.0128. The summed E-state index contributed by atoms with van der Waals surface area (Å²) in [6.45, 7) is 12.9. The molecule has 1 aromatic carbocycles. The lowest BCUT2D eigenvalue weighted by molar-refractivity contribution is -0.248. The lowest BCUT2D eigenvalue weighted by Crippen LogP contribution is -2.75. The third kappa shape index (κ3) is 4.40. The number of Topliss-reactive ketones (excluding diaryl/α,β-unsaturated/α-hetero) is 2. The maximum Gasteiger partial charge on any atom is 0.338 e. The first kappa shape index (κ1) is 29.4. The van der Waals surface area contributed by atoms with Crippen LogP contribution in [0.15, 0.2) is 54.8 Å². The van der Waals surface area contributed by atoms with Crippen molar-refractivity contribution in [1.29, 1.82) is 0 Å². The van der Waals surface area contributed by atoms with E-state index >= 15 is 0 Å². The summed E-state index contributed by atoms with van der Waals surface area (Å²) in [6, 6.07) is 8.29. The van der Waals surface area contributed by atoms with Crippen LogP contribution in [0.5, 0.6) is 0 Å². The molecule has 0 heterocycles. The summed E-state index contributed by atoms with van der Waals surface area (Å²) < 4.78 is 17.0. The van der Waals surface area contributed by atoms with E-state index in [-0.39, 0.29) is 24.2 Å². The lowest BCUT2D eigenvalue weighted by Gasteiger charge is -2.64. The average molecular weight is 553 g/mol. The maximum absolute atomic E-state index is 14.2. The van der Waals surface area contributed by atoms with Gasteiger partial charge in [-0.15, -0.1) is 6.58 Å². The molecule has 0 spiro atoms. The standard InChI is InChI=1S/C31H36O9/c1-8-29(6)15-20(40-26(35)19-12-10-9-11-13-19)24-30(7)16-21(38-17(2)32)25(34)28(4,5)22(30)14-23(39-18(3)33)31(24,37)27(29)36/h8-13,16,20,22-24,37H,1,14-15H2,2-7H3/t20-,22+,23-,24-,29+,30+,31+/m1/s1. The van der Waals surface area contributed by atoms with Gasteiger partial charge in [0.05, 0.1) is 11.0 Å². The number of benzene rings is 1. The van der Waals surface area contributed by atoms with Crippen LogP contribution in [0.4, 0.5) is 0 Å². The highest BCUT2D eigenvalue weighted by Gasteiger charge is 2.74. The topological polar surface area (TPSA) is 133 Å². The molecule has 2 saturated carbocycles. The summed E-state index contributed by atoms with van der Waals surface area (Å²) in [5, 5.41) is 12.5. The molecule has 0 amide bonds. The second kappa shape index (κ2) is 9.80. The predicted molar refractivity (Wildman–Crippen MR) is 142 cm³/mol. The fraction of sp³-hybridized carbons (Fsp3) is 0.516. The van der Waals surface area contributed by atoms with Gasteiger partial charge in [-0.25, -0.2) is 4.79 Å². The number of rotatable bonds is 5. The van der Waals surface area contributed by atoms with Crippen molar-refractivity contribution in [3.05, 3.63) is 60.4 Å². The van der Waals surface area contributed by atoms with E-state index in [1.807, 2.05) is 0 Å². The summed E-state index contributed by atoms with van der Waals surface area (Å²) in [7, 11) is 0. The summed E-state index contributed by atoms with van der Waals surface area (Å²) in [4.78, 5) is 65.3. The van der Waals surface area contributed by atoms with Crippen LogP contribution in [0.1, 0.15) is 64.7 Å². The van der Waals surface area contributed by atoms with E-state index in [1.54, 1.807) is 58.0 Å². The molecule has 1 aromatic rings. The van der Waals surface area contributed by atoms with E-state index in [0.717, 1.165) is 0 Å². The third-order valence-electron chi connectivity index (χ3n) is 9.12. The molecule has 0 saturated heterocycles. The Kier molecular flexibility index (Phi) is 7.20. The van der Waals surface area contributed by atoms with Gasteiger partial charge in [0.1, 0.15) is 12.2 Å². The molecule has 0 bridgehead atoms. The van der Waals surface area contributed by atoms with Crippen molar-refractivity contribution in [2.45, 2.75) is 72.2 Å². The van der Waals surface area contributed by atoms with Crippen LogP contribution in [-0.4, -0.2) is 52.4 Å². The van der Waals surface area contributed by atoms with Crippen molar-refractivity contribution < 1.29 is 43.3 Å². The molecular formula is C31H36O9. The highest BCUT2D eigenvalue weighted by Crippen LogP contribution is 2.65. The zero-order chi connectivity index (χ0) is 29.8. The number of esters is 3. The van der Waals surface area contributed by atoms with Crippen LogP contribution in [0.2, 0.25) is 0 Å². The van der Waals surface area contributed by atoms with Crippen LogP contribution in [0.25, 0.3) is 0 Å². The van der Waals surface area contributed by atoms with Gasteiger partial charge in [-0.2, -0.15) is 0 Å². The molecule has 1 N–H and O–H groups in total. The number of ketones is 2. The van der Waals surface area contributed by atoms with Gasteiger partial charge in [-0.1, -0.05) is 45.0 Å². The van der Waals surface area contributed by atoms with Gasteiger partial charge >= 0.3 is 17.9 Å². The monoisotopic (exact) mass is 552 g/mol. The van der Waals surface area contributed by atoms with Gasteiger partial charge in [0, 0.05) is 37.0 Å². The second-order valence-corrected chi connectivity index (χ2v) is 12.2. The van der Waals surface area contributed by atoms with Gasteiger partial charge in [0.25, 0.3) is 0 Å². The maximum atomic E-state index is 14.2. The molecule has 7 atom stereocenters. The molecule has 0 aliphatic heterocycles. The largest absolute Gasteiger partial charge is 0.459 e. The number of hydrogen-bond donors (Lipinski definition) is 1. The van der Waals surface area contributed by atoms with Gasteiger partial charge in [-0.05, 0) is 37.5 Å². The van der Waals surface area contributed by atoms with Crippen LogP contribution in [0, 0.1) is 28.1 Å². The number of ether oxygens (including phenoxy) is 3. The van der Waals surface area contributed by atoms with Crippen LogP contribution < -0.4 is 0 Å². The summed E-state index contributed by atoms with van der Waals surface area (Å²) >= 11 is 0. The number of aliphatic hydroxyl groups is 1. The van der Waals surface area contributed by atoms with Gasteiger partial charge in [-0.3, -0.25) is 19.2 Å². The summed E-state index contributed by atoms with van der Waals surface area (Å²) in [5.74, 6) is -5.13. The van der Waals surface area contributed by atoms with Crippen molar-refractivity contribution in [3.63, 3.8) is 0 Å². The van der Waals surface area contributed by atoms with Crippen molar-refractivity contribution in [3.8, 4) is 0 Å². The zero-order valence-corrected chi connectivity index (χ0v) is 23.7. The molecule has 214 valence electrons. The zero-order valence-electron chi connectivity index (χ0n) is 23.7. The Balaban J connectivity index is 1.98. The van der Waals surface area contributed by atoms with Crippen molar-refractivity contribution in [2.24, 2.45) is 28.1 Å². The van der Waals surface area contributed by atoms with Crippen LogP contribution in [0.3, 0.4) is 0 Å². The Morgan fingerprint density at radius 1 is 1.00 bits per heavy atom.